The molecule has 1 spiro atoms. The van der Waals surface area contributed by atoms with Crippen molar-refractivity contribution in [3.05, 3.63) is 34.8 Å². The van der Waals surface area contributed by atoms with Crippen molar-refractivity contribution in [3.63, 3.8) is 0 Å². The van der Waals surface area contributed by atoms with Crippen LogP contribution in [-0.4, -0.2) is 32.4 Å². The summed E-state index contributed by atoms with van der Waals surface area (Å²) in [6.45, 7) is 2.10. The van der Waals surface area contributed by atoms with Crippen LogP contribution in [0.4, 0.5) is 11.8 Å². The van der Waals surface area contributed by atoms with Crippen molar-refractivity contribution in [2.24, 2.45) is 5.41 Å². The van der Waals surface area contributed by atoms with Gasteiger partial charge in [0.25, 0.3) is 0 Å². The van der Waals surface area contributed by atoms with Crippen molar-refractivity contribution in [1.29, 1.82) is 0 Å². The van der Waals surface area contributed by atoms with Gasteiger partial charge in [0.05, 0.1) is 9.92 Å². The first kappa shape index (κ1) is 19.3. The van der Waals surface area contributed by atoms with Crippen LogP contribution in [0.25, 0.3) is 5.65 Å². The van der Waals surface area contributed by atoms with Crippen LogP contribution in [0.1, 0.15) is 38.5 Å². The van der Waals surface area contributed by atoms with Gasteiger partial charge >= 0.3 is 0 Å². The summed E-state index contributed by atoms with van der Waals surface area (Å²) in [7, 11) is 0. The fourth-order valence-electron chi connectivity index (χ4n) is 4.68. The molecule has 1 aliphatic heterocycles. The molecule has 1 aliphatic carbocycles. The maximum absolute atomic E-state index is 6.33. The Bertz CT molecular complexity index is 1050. The van der Waals surface area contributed by atoms with E-state index in [4.69, 9.17) is 33.9 Å². The number of rotatable bonds is 3. The molecule has 5 rings (SSSR count). The minimum atomic E-state index is 0.201. The molecule has 6 nitrogen and oxygen atoms in total. The van der Waals surface area contributed by atoms with E-state index in [2.05, 4.69) is 19.3 Å². The van der Waals surface area contributed by atoms with Gasteiger partial charge in [-0.25, -0.2) is 15.0 Å². The van der Waals surface area contributed by atoms with Gasteiger partial charge in [-0.15, -0.1) is 0 Å². The van der Waals surface area contributed by atoms with Crippen molar-refractivity contribution in [3.8, 4) is 0 Å². The van der Waals surface area contributed by atoms with E-state index in [9.17, 15) is 0 Å². The minimum absolute atomic E-state index is 0.201. The van der Waals surface area contributed by atoms with Crippen LogP contribution in [-0.2, 0) is 0 Å². The lowest BCUT2D eigenvalue weighted by Gasteiger charge is -2.39. The molecule has 29 heavy (non-hydrogen) atoms. The quantitative estimate of drug-likeness (QED) is 0.546. The molecule has 0 aromatic carbocycles. The zero-order chi connectivity index (χ0) is 20.0. The molecule has 0 unspecified atom stereocenters. The highest BCUT2D eigenvalue weighted by Gasteiger charge is 2.37. The zero-order valence-electron chi connectivity index (χ0n) is 15.9. The molecule has 2 fully saturated rings. The number of hydrogen-bond acceptors (Lipinski definition) is 6. The van der Waals surface area contributed by atoms with E-state index in [0.29, 0.717) is 16.3 Å². The Hall–Kier alpha value is -1.70. The third-order valence-corrected chi connectivity index (χ3v) is 8.18. The van der Waals surface area contributed by atoms with Gasteiger partial charge in [-0.05, 0) is 37.2 Å². The molecule has 3 aromatic rings. The molecule has 2 aliphatic rings. The fraction of sp³-hybridized carbons (Fsp3) is 0.450. The maximum Gasteiger partial charge on any atom is 0.211 e. The Kier molecular flexibility index (Phi) is 5.00. The predicted molar refractivity (Wildman–Crippen MR) is 118 cm³/mol. The first-order valence-corrected chi connectivity index (χ1v) is 11.5. The number of piperidine rings is 1. The smallest absolute Gasteiger partial charge is 0.211 e. The Morgan fingerprint density at radius 1 is 1.03 bits per heavy atom. The molecule has 152 valence electrons. The van der Waals surface area contributed by atoms with E-state index in [0.717, 1.165) is 34.5 Å². The number of nitrogens with two attached hydrogens (primary N) is 1. The lowest BCUT2D eigenvalue weighted by atomic mass is 9.77. The van der Waals surface area contributed by atoms with Crippen LogP contribution >= 0.6 is 35.0 Å². The first-order chi connectivity index (χ1) is 14.0. The van der Waals surface area contributed by atoms with Gasteiger partial charge in [0, 0.05) is 36.6 Å². The number of hydrogen-bond donors (Lipinski definition) is 1. The van der Waals surface area contributed by atoms with Crippen LogP contribution in [0.3, 0.4) is 0 Å². The average molecular weight is 449 g/mol. The normalized spacial score (nSPS) is 18.8. The summed E-state index contributed by atoms with van der Waals surface area (Å²) in [5.41, 5.74) is 7.27. The van der Waals surface area contributed by atoms with Crippen molar-refractivity contribution < 1.29 is 0 Å². The molecule has 0 amide bonds. The topological polar surface area (TPSA) is 72.3 Å². The summed E-state index contributed by atoms with van der Waals surface area (Å²) in [5, 5.41) is 0.588. The first-order valence-electron chi connectivity index (χ1n) is 9.91. The lowest BCUT2D eigenvalue weighted by Crippen LogP contribution is -2.40. The van der Waals surface area contributed by atoms with E-state index >= 15 is 0 Å². The summed E-state index contributed by atoms with van der Waals surface area (Å²) in [6, 6.07) is 1.72. The monoisotopic (exact) mass is 448 g/mol. The third-order valence-electron chi connectivity index (χ3n) is 6.27. The van der Waals surface area contributed by atoms with Crippen LogP contribution in [0.15, 0.2) is 34.4 Å². The highest BCUT2D eigenvalue weighted by Crippen LogP contribution is 2.46. The van der Waals surface area contributed by atoms with Gasteiger partial charge < -0.3 is 10.6 Å². The van der Waals surface area contributed by atoms with Gasteiger partial charge in [0.2, 0.25) is 5.95 Å². The van der Waals surface area contributed by atoms with Crippen LogP contribution in [0.2, 0.25) is 10.2 Å². The number of nitrogen functional groups attached to an aromatic ring is 1. The Morgan fingerprint density at radius 2 is 1.79 bits per heavy atom. The van der Waals surface area contributed by atoms with E-state index in [1.54, 1.807) is 6.07 Å². The number of pyridine rings is 1. The number of aromatic nitrogens is 4. The molecule has 0 atom stereocenters. The number of nitrogens with zero attached hydrogens (tertiary/aromatic N) is 5. The van der Waals surface area contributed by atoms with Crippen molar-refractivity contribution >= 4 is 52.4 Å². The van der Waals surface area contributed by atoms with E-state index in [1.807, 2.05) is 18.6 Å². The molecule has 9 heteroatoms. The lowest BCUT2D eigenvalue weighted by molar-refractivity contribution is 0.225. The van der Waals surface area contributed by atoms with Gasteiger partial charge in [-0.1, -0.05) is 47.8 Å². The molecule has 0 radical (unpaired) electrons. The minimum Gasteiger partial charge on any atom is -0.384 e. The molecular weight excluding hydrogens is 427 g/mol. The number of imidazole rings is 1. The zero-order valence-corrected chi connectivity index (χ0v) is 18.3. The molecule has 2 N–H and O–H groups in total. The Balaban J connectivity index is 1.43. The Labute approximate surface area is 183 Å². The molecule has 3 aromatic heterocycles. The predicted octanol–water partition coefficient (Wildman–Crippen LogP) is 5.33. The average Bonchev–Trinajstić information content (AvgIpc) is 3.37. The van der Waals surface area contributed by atoms with Crippen LogP contribution < -0.4 is 10.6 Å². The standard InChI is InChI=1S/C20H22Cl2N6S/c21-16-13(11-15(23)26-17(16)22)29-14-12-25-19(28-10-7-24-18(14)28)27-8-5-20(6-9-27)3-1-2-4-20/h7,10-12H,1-6,8-9H2,(H2,23,26). The third kappa shape index (κ3) is 3.53. The second-order valence-electron chi connectivity index (χ2n) is 7.99. The summed E-state index contributed by atoms with van der Waals surface area (Å²) in [6.07, 6.45) is 13.7. The summed E-state index contributed by atoms with van der Waals surface area (Å²) < 4.78 is 2.06. The van der Waals surface area contributed by atoms with Crippen molar-refractivity contribution in [1.82, 2.24) is 19.4 Å². The molecular formula is C20H22Cl2N6S. The second-order valence-corrected chi connectivity index (χ2v) is 9.81. The molecule has 1 saturated heterocycles. The summed E-state index contributed by atoms with van der Waals surface area (Å²) in [4.78, 5) is 17.4. The second kappa shape index (κ2) is 7.52. The van der Waals surface area contributed by atoms with E-state index in [-0.39, 0.29) is 5.15 Å². The highest BCUT2D eigenvalue weighted by atomic mass is 35.5. The van der Waals surface area contributed by atoms with Crippen LogP contribution in [0.5, 0.6) is 0 Å². The van der Waals surface area contributed by atoms with Crippen molar-refractivity contribution in [2.45, 2.75) is 48.3 Å². The molecule has 0 bridgehead atoms. The number of halogens is 2. The maximum atomic E-state index is 6.33. The largest absolute Gasteiger partial charge is 0.384 e. The SMILES string of the molecule is Nc1cc(Sc2cnc(N3CCC4(CCCC4)CC3)n3ccnc23)c(Cl)c(Cl)n1. The van der Waals surface area contributed by atoms with E-state index in [1.165, 1.54) is 50.3 Å². The summed E-state index contributed by atoms with van der Waals surface area (Å²) in [5.74, 6) is 1.29. The van der Waals surface area contributed by atoms with Crippen LogP contribution in [0, 0.1) is 5.41 Å². The fourth-order valence-corrected chi connectivity index (χ4v) is 6.10. The molecule has 1 saturated carbocycles. The number of anilines is 2. The molecule has 4 heterocycles. The van der Waals surface area contributed by atoms with Gasteiger partial charge in [-0.2, -0.15) is 0 Å². The van der Waals surface area contributed by atoms with Crippen molar-refractivity contribution in [2.75, 3.05) is 23.7 Å². The van der Waals surface area contributed by atoms with Gasteiger partial charge in [0.1, 0.15) is 5.82 Å². The number of fused-ring (bicyclic) bond motifs is 1. The highest BCUT2D eigenvalue weighted by molar-refractivity contribution is 7.99. The van der Waals surface area contributed by atoms with Gasteiger partial charge in [-0.3, -0.25) is 4.40 Å². The van der Waals surface area contributed by atoms with Gasteiger partial charge in [0.15, 0.2) is 10.8 Å². The van der Waals surface area contributed by atoms with E-state index < -0.39 is 0 Å². The Morgan fingerprint density at radius 3 is 2.55 bits per heavy atom. The summed E-state index contributed by atoms with van der Waals surface area (Å²) >= 11 is 13.9.